The van der Waals surface area contributed by atoms with Crippen molar-refractivity contribution >= 4 is 11.9 Å². The van der Waals surface area contributed by atoms with Gasteiger partial charge < -0.3 is 19.5 Å². The zero-order valence-corrected chi connectivity index (χ0v) is 19.0. The van der Waals surface area contributed by atoms with Crippen LogP contribution >= 0.6 is 0 Å². The molecule has 2 saturated heterocycles. The van der Waals surface area contributed by atoms with Crippen molar-refractivity contribution in [3.8, 4) is 0 Å². The molecule has 0 aromatic heterocycles. The topological polar surface area (TPSA) is 77.2 Å². The quantitative estimate of drug-likeness (QED) is 0.424. The summed E-state index contributed by atoms with van der Waals surface area (Å²) in [7, 11) is 0. The monoisotopic (exact) mass is 419 g/mol. The number of fused-ring (bicyclic) bond motifs is 2. The van der Waals surface area contributed by atoms with Crippen molar-refractivity contribution in [2.45, 2.75) is 103 Å². The molecular formula is C24H37NO5. The van der Waals surface area contributed by atoms with Gasteiger partial charge in [0.25, 0.3) is 0 Å². The number of hydrogen-bond donors (Lipinski definition) is 1. The van der Waals surface area contributed by atoms with Crippen molar-refractivity contribution < 1.29 is 23.8 Å². The van der Waals surface area contributed by atoms with Gasteiger partial charge in [-0.1, -0.05) is 24.1 Å². The van der Waals surface area contributed by atoms with E-state index >= 15 is 0 Å². The van der Waals surface area contributed by atoms with Gasteiger partial charge in [0, 0.05) is 12.8 Å². The number of ether oxygens (including phenoxy) is 3. The van der Waals surface area contributed by atoms with Crippen molar-refractivity contribution in [3.05, 3.63) is 23.3 Å². The van der Waals surface area contributed by atoms with Crippen LogP contribution in [0, 0.1) is 5.92 Å². The fourth-order valence-corrected chi connectivity index (χ4v) is 4.74. The van der Waals surface area contributed by atoms with Gasteiger partial charge in [0.1, 0.15) is 23.9 Å². The lowest BCUT2D eigenvalue weighted by Gasteiger charge is -2.28. The van der Waals surface area contributed by atoms with Crippen molar-refractivity contribution in [2.75, 3.05) is 6.54 Å². The minimum atomic E-state index is -0.514. The van der Waals surface area contributed by atoms with E-state index in [2.05, 4.69) is 38.2 Å². The predicted octanol–water partition coefficient (Wildman–Crippen LogP) is 3.84. The standard InChI is InChI=1S/C24H37NO5/c1-6-12-25-22-18-14-21(28-17(4)26)24(5)20(30-24)11-10-15(2)8-7-9-16(3)13-19(18)29-23(22)27/h8,13,18-22,25H,6-7,9-12,14H2,1-5H3/b15-8+,16-13+/t18-,19+,20+,21+,22-,24-/m1/s1. The minimum absolute atomic E-state index is 0.0592. The summed E-state index contributed by atoms with van der Waals surface area (Å²) in [6.07, 6.45) is 8.97. The van der Waals surface area contributed by atoms with Crippen LogP contribution < -0.4 is 5.32 Å². The molecule has 3 aliphatic rings. The lowest BCUT2D eigenvalue weighted by molar-refractivity contribution is -0.151. The third-order valence-corrected chi connectivity index (χ3v) is 6.66. The van der Waals surface area contributed by atoms with Crippen molar-refractivity contribution in [2.24, 2.45) is 5.92 Å². The Morgan fingerprint density at radius 3 is 2.77 bits per heavy atom. The third-order valence-electron chi connectivity index (χ3n) is 6.66. The first-order valence-electron chi connectivity index (χ1n) is 11.4. The zero-order valence-electron chi connectivity index (χ0n) is 19.0. The fraction of sp³-hybridized carbons (Fsp3) is 0.750. The van der Waals surface area contributed by atoms with Gasteiger partial charge in [-0.3, -0.25) is 9.59 Å². The lowest BCUT2D eigenvalue weighted by Crippen LogP contribution is -2.44. The highest BCUT2D eigenvalue weighted by Gasteiger charge is 2.60. The highest BCUT2D eigenvalue weighted by atomic mass is 16.6. The summed E-state index contributed by atoms with van der Waals surface area (Å²) in [6.45, 7) is 10.5. The molecule has 6 nitrogen and oxygen atoms in total. The number of allylic oxidation sites excluding steroid dienone is 3. The van der Waals surface area contributed by atoms with Crippen LogP contribution in [-0.4, -0.2) is 48.4 Å². The summed E-state index contributed by atoms with van der Waals surface area (Å²) in [5, 5.41) is 3.36. The lowest BCUT2D eigenvalue weighted by atomic mass is 9.83. The Bertz CT molecular complexity index is 714. The van der Waals surface area contributed by atoms with Crippen LogP contribution in [0.5, 0.6) is 0 Å². The molecule has 6 atom stereocenters. The molecule has 0 saturated carbocycles. The molecule has 0 spiro atoms. The molecule has 0 aromatic rings. The number of carbonyl (C=O) groups excluding carboxylic acids is 2. The van der Waals surface area contributed by atoms with E-state index in [0.29, 0.717) is 6.42 Å². The van der Waals surface area contributed by atoms with E-state index in [0.717, 1.165) is 38.6 Å². The molecule has 0 unspecified atom stereocenters. The number of hydrogen-bond acceptors (Lipinski definition) is 6. The normalized spacial score (nSPS) is 40.6. The summed E-state index contributed by atoms with van der Waals surface area (Å²) in [4.78, 5) is 24.6. The first-order valence-corrected chi connectivity index (χ1v) is 11.4. The maximum absolute atomic E-state index is 12.7. The highest BCUT2D eigenvalue weighted by Crippen LogP contribution is 2.47. The summed E-state index contributed by atoms with van der Waals surface area (Å²) in [5.41, 5.74) is 2.06. The van der Waals surface area contributed by atoms with Gasteiger partial charge in [-0.15, -0.1) is 0 Å². The Kier molecular flexibility index (Phi) is 7.40. The molecule has 3 rings (SSSR count). The van der Waals surface area contributed by atoms with E-state index in [1.54, 1.807) is 0 Å². The van der Waals surface area contributed by atoms with Crippen molar-refractivity contribution in [1.82, 2.24) is 5.32 Å². The molecular weight excluding hydrogens is 382 g/mol. The minimum Gasteiger partial charge on any atom is -0.459 e. The highest BCUT2D eigenvalue weighted by molar-refractivity contribution is 5.79. The first-order chi connectivity index (χ1) is 14.2. The Labute approximate surface area is 180 Å². The van der Waals surface area contributed by atoms with E-state index in [4.69, 9.17) is 14.2 Å². The van der Waals surface area contributed by atoms with E-state index in [9.17, 15) is 9.59 Å². The molecule has 2 fully saturated rings. The predicted molar refractivity (Wildman–Crippen MR) is 115 cm³/mol. The number of esters is 2. The summed E-state index contributed by atoms with van der Waals surface area (Å²) < 4.78 is 17.6. The largest absolute Gasteiger partial charge is 0.459 e. The number of nitrogens with one attached hydrogen (secondary N) is 1. The molecule has 30 heavy (non-hydrogen) atoms. The van der Waals surface area contributed by atoms with Crippen LogP contribution in [0.15, 0.2) is 23.3 Å². The van der Waals surface area contributed by atoms with Crippen LogP contribution in [0.1, 0.15) is 73.1 Å². The summed E-state index contributed by atoms with van der Waals surface area (Å²) >= 11 is 0. The first kappa shape index (κ1) is 23.0. The maximum atomic E-state index is 12.7. The zero-order chi connectivity index (χ0) is 21.9. The van der Waals surface area contributed by atoms with Gasteiger partial charge in [-0.05, 0) is 71.9 Å². The smallest absolute Gasteiger partial charge is 0.324 e. The molecule has 0 aromatic carbocycles. The van der Waals surface area contributed by atoms with E-state index < -0.39 is 17.7 Å². The Balaban J connectivity index is 1.91. The Morgan fingerprint density at radius 1 is 1.30 bits per heavy atom. The summed E-state index contributed by atoms with van der Waals surface area (Å²) in [6, 6.07) is -0.395. The van der Waals surface area contributed by atoms with E-state index in [1.165, 1.54) is 18.1 Å². The van der Waals surface area contributed by atoms with Gasteiger partial charge >= 0.3 is 11.9 Å². The van der Waals surface area contributed by atoms with Gasteiger partial charge in [-0.25, -0.2) is 0 Å². The van der Waals surface area contributed by atoms with E-state index in [1.807, 2.05) is 6.92 Å². The van der Waals surface area contributed by atoms with Gasteiger partial charge in [0.05, 0.1) is 6.10 Å². The SMILES string of the molecule is CCCN[C@H]1C(=O)O[C@H]2/C=C(\C)CC/C=C(\C)CC[C@@H]3O[C@@]3(C)[C@@H](OC(C)=O)C[C@H]21. The number of rotatable bonds is 4. The second-order valence-electron chi connectivity index (χ2n) is 9.26. The van der Waals surface area contributed by atoms with Crippen LogP contribution in [0.25, 0.3) is 0 Å². The second-order valence-corrected chi connectivity index (χ2v) is 9.26. The number of carbonyl (C=O) groups is 2. The number of epoxide rings is 1. The van der Waals surface area contributed by atoms with Crippen LogP contribution in [0.3, 0.4) is 0 Å². The Morgan fingerprint density at radius 2 is 2.07 bits per heavy atom. The van der Waals surface area contributed by atoms with Crippen LogP contribution in [-0.2, 0) is 23.8 Å². The van der Waals surface area contributed by atoms with Crippen LogP contribution in [0.2, 0.25) is 0 Å². The van der Waals surface area contributed by atoms with Gasteiger partial charge in [0.15, 0.2) is 0 Å². The van der Waals surface area contributed by atoms with Crippen LogP contribution in [0.4, 0.5) is 0 Å². The van der Waals surface area contributed by atoms with Gasteiger partial charge in [-0.2, -0.15) is 0 Å². The van der Waals surface area contributed by atoms with Crippen molar-refractivity contribution in [1.29, 1.82) is 0 Å². The molecule has 2 heterocycles. The maximum Gasteiger partial charge on any atom is 0.324 e. The molecule has 0 radical (unpaired) electrons. The molecule has 0 bridgehead atoms. The Hall–Kier alpha value is -1.66. The molecule has 1 N–H and O–H groups in total. The second kappa shape index (κ2) is 9.65. The molecule has 1 aliphatic carbocycles. The molecule has 0 amide bonds. The van der Waals surface area contributed by atoms with Crippen molar-refractivity contribution in [3.63, 3.8) is 0 Å². The van der Waals surface area contributed by atoms with E-state index in [-0.39, 0.29) is 30.1 Å². The molecule has 6 heteroatoms. The fourth-order valence-electron chi connectivity index (χ4n) is 4.74. The molecule has 2 aliphatic heterocycles. The third kappa shape index (κ3) is 5.33. The molecule has 168 valence electrons. The average molecular weight is 420 g/mol. The average Bonchev–Trinajstić information content (AvgIpc) is 3.25. The summed E-state index contributed by atoms with van der Waals surface area (Å²) in [5.74, 6) is -0.646. The van der Waals surface area contributed by atoms with Gasteiger partial charge in [0.2, 0.25) is 0 Å².